The van der Waals surface area contributed by atoms with Crippen LogP contribution in [0.4, 0.5) is 17.3 Å². The van der Waals surface area contributed by atoms with E-state index >= 15 is 0 Å². The summed E-state index contributed by atoms with van der Waals surface area (Å²) in [6.07, 6.45) is 2.82. The van der Waals surface area contributed by atoms with Crippen LogP contribution in [-0.2, 0) is 9.59 Å². The molecule has 7 nitrogen and oxygen atoms in total. The summed E-state index contributed by atoms with van der Waals surface area (Å²) < 4.78 is 5.25. The van der Waals surface area contributed by atoms with Crippen molar-refractivity contribution in [1.82, 2.24) is 9.97 Å². The van der Waals surface area contributed by atoms with Gasteiger partial charge in [0.2, 0.25) is 11.9 Å². The minimum Gasteiger partial charge on any atom is -0.427 e. The predicted octanol–water partition coefficient (Wildman–Crippen LogP) is 4.55. The molecule has 0 saturated carbocycles. The van der Waals surface area contributed by atoms with Crippen molar-refractivity contribution in [3.8, 4) is 17.0 Å². The van der Waals surface area contributed by atoms with Crippen molar-refractivity contribution in [3.05, 3.63) is 60.8 Å². The summed E-state index contributed by atoms with van der Waals surface area (Å²) in [5, 5.41) is 5.87. The Morgan fingerprint density at radius 2 is 1.66 bits per heavy atom. The fourth-order valence-corrected chi connectivity index (χ4v) is 2.63. The number of rotatable bonds is 7. The van der Waals surface area contributed by atoms with E-state index in [1.165, 1.54) is 6.92 Å². The molecule has 0 spiro atoms. The van der Waals surface area contributed by atoms with Crippen LogP contribution in [0.3, 0.4) is 0 Å². The van der Waals surface area contributed by atoms with Gasteiger partial charge >= 0.3 is 5.97 Å². The van der Waals surface area contributed by atoms with Crippen LogP contribution in [0.1, 0.15) is 26.7 Å². The first-order valence-electron chi connectivity index (χ1n) is 9.32. The SMILES string of the molecule is CCCC(=O)Oc1ccc(Nc2nccc(-c3ccc(NC(C)=O)cc3)n2)cc1. The zero-order chi connectivity index (χ0) is 20.6. The number of benzene rings is 2. The largest absolute Gasteiger partial charge is 0.427 e. The molecular weight excluding hydrogens is 368 g/mol. The number of carbonyl (C=O) groups is 2. The lowest BCUT2D eigenvalue weighted by atomic mass is 10.1. The molecule has 1 heterocycles. The van der Waals surface area contributed by atoms with Crippen LogP contribution in [0.15, 0.2) is 60.8 Å². The number of nitrogens with zero attached hydrogens (tertiary/aromatic N) is 2. The first-order valence-corrected chi connectivity index (χ1v) is 9.32. The van der Waals surface area contributed by atoms with Gasteiger partial charge in [-0.1, -0.05) is 19.1 Å². The van der Waals surface area contributed by atoms with Crippen LogP contribution in [0.25, 0.3) is 11.3 Å². The van der Waals surface area contributed by atoms with E-state index in [9.17, 15) is 9.59 Å². The van der Waals surface area contributed by atoms with Crippen LogP contribution < -0.4 is 15.4 Å². The maximum atomic E-state index is 11.6. The van der Waals surface area contributed by atoms with Crippen molar-refractivity contribution in [3.63, 3.8) is 0 Å². The number of esters is 1. The predicted molar refractivity (Wildman–Crippen MR) is 112 cm³/mol. The molecule has 7 heteroatoms. The normalized spacial score (nSPS) is 10.3. The second kappa shape index (κ2) is 9.45. The third-order valence-corrected chi connectivity index (χ3v) is 3.95. The van der Waals surface area contributed by atoms with E-state index in [-0.39, 0.29) is 11.9 Å². The van der Waals surface area contributed by atoms with Gasteiger partial charge in [0.25, 0.3) is 0 Å². The standard InChI is InChI=1S/C22H22N4O3/c1-3-4-21(28)29-19-11-9-18(10-12-19)25-22-23-14-13-20(26-22)16-5-7-17(8-6-16)24-15(2)27/h5-14H,3-4H2,1-2H3,(H,24,27)(H,23,25,26). The highest BCUT2D eigenvalue weighted by molar-refractivity contribution is 5.88. The number of amides is 1. The molecule has 2 aromatic carbocycles. The molecule has 1 aromatic heterocycles. The summed E-state index contributed by atoms with van der Waals surface area (Å²) in [4.78, 5) is 31.5. The summed E-state index contributed by atoms with van der Waals surface area (Å²) in [6, 6.07) is 16.3. The first kappa shape index (κ1) is 20.0. The highest BCUT2D eigenvalue weighted by atomic mass is 16.5. The van der Waals surface area contributed by atoms with E-state index in [0.717, 1.165) is 29.1 Å². The average Bonchev–Trinajstić information content (AvgIpc) is 2.70. The molecular formula is C22H22N4O3. The molecule has 29 heavy (non-hydrogen) atoms. The van der Waals surface area contributed by atoms with Crippen LogP contribution in [0.2, 0.25) is 0 Å². The van der Waals surface area contributed by atoms with Crippen molar-refractivity contribution in [2.45, 2.75) is 26.7 Å². The smallest absolute Gasteiger partial charge is 0.311 e. The number of ether oxygens (including phenoxy) is 1. The molecule has 0 bridgehead atoms. The number of hydrogen-bond donors (Lipinski definition) is 2. The summed E-state index contributed by atoms with van der Waals surface area (Å²) >= 11 is 0. The van der Waals surface area contributed by atoms with Gasteiger partial charge in [-0.25, -0.2) is 9.97 Å². The maximum Gasteiger partial charge on any atom is 0.311 e. The third kappa shape index (κ3) is 5.87. The zero-order valence-corrected chi connectivity index (χ0v) is 16.3. The van der Waals surface area contributed by atoms with E-state index in [2.05, 4.69) is 20.6 Å². The molecule has 0 aliphatic carbocycles. The van der Waals surface area contributed by atoms with Crippen LogP contribution in [-0.4, -0.2) is 21.8 Å². The minimum atomic E-state index is -0.242. The van der Waals surface area contributed by atoms with E-state index in [1.54, 1.807) is 30.5 Å². The fraction of sp³-hybridized carbons (Fsp3) is 0.182. The van der Waals surface area contributed by atoms with Crippen LogP contribution >= 0.6 is 0 Å². The minimum absolute atomic E-state index is 0.113. The molecule has 0 atom stereocenters. The van der Waals surface area contributed by atoms with Gasteiger partial charge in [0, 0.05) is 36.5 Å². The van der Waals surface area contributed by atoms with E-state index < -0.39 is 0 Å². The maximum absolute atomic E-state index is 11.6. The second-order valence-corrected chi connectivity index (χ2v) is 6.40. The number of carbonyl (C=O) groups excluding carboxylic acids is 2. The highest BCUT2D eigenvalue weighted by Crippen LogP contribution is 2.22. The van der Waals surface area contributed by atoms with Gasteiger partial charge in [0.15, 0.2) is 0 Å². The fourth-order valence-electron chi connectivity index (χ4n) is 2.63. The Morgan fingerprint density at radius 1 is 0.966 bits per heavy atom. The monoisotopic (exact) mass is 390 g/mol. The van der Waals surface area contributed by atoms with Crippen molar-refractivity contribution in [2.75, 3.05) is 10.6 Å². The lowest BCUT2D eigenvalue weighted by Gasteiger charge is -2.09. The third-order valence-electron chi connectivity index (χ3n) is 3.95. The second-order valence-electron chi connectivity index (χ2n) is 6.40. The van der Waals surface area contributed by atoms with E-state index in [1.807, 2.05) is 37.3 Å². The summed E-state index contributed by atoms with van der Waals surface area (Å²) in [5.41, 5.74) is 3.16. The van der Waals surface area contributed by atoms with Crippen molar-refractivity contribution in [2.24, 2.45) is 0 Å². The molecule has 0 aliphatic rings. The Morgan fingerprint density at radius 3 is 2.31 bits per heavy atom. The van der Waals surface area contributed by atoms with Gasteiger partial charge in [-0.3, -0.25) is 9.59 Å². The van der Waals surface area contributed by atoms with Crippen molar-refractivity contribution < 1.29 is 14.3 Å². The number of nitrogens with one attached hydrogen (secondary N) is 2. The van der Waals surface area contributed by atoms with Crippen molar-refractivity contribution >= 4 is 29.2 Å². The van der Waals surface area contributed by atoms with Gasteiger partial charge in [-0.05, 0) is 48.9 Å². The Hall–Kier alpha value is -3.74. The molecule has 0 unspecified atom stereocenters. The van der Waals surface area contributed by atoms with Gasteiger partial charge in [-0.15, -0.1) is 0 Å². The van der Waals surface area contributed by atoms with Gasteiger partial charge in [-0.2, -0.15) is 0 Å². The lowest BCUT2D eigenvalue weighted by molar-refractivity contribution is -0.134. The Balaban J connectivity index is 1.68. The average molecular weight is 390 g/mol. The zero-order valence-electron chi connectivity index (χ0n) is 16.3. The number of anilines is 3. The molecule has 0 saturated heterocycles. The van der Waals surface area contributed by atoms with E-state index in [0.29, 0.717) is 18.1 Å². The van der Waals surface area contributed by atoms with Gasteiger partial charge in [0.1, 0.15) is 5.75 Å². The lowest BCUT2D eigenvalue weighted by Crippen LogP contribution is -2.06. The van der Waals surface area contributed by atoms with Gasteiger partial charge < -0.3 is 15.4 Å². The molecule has 148 valence electrons. The summed E-state index contributed by atoms with van der Waals surface area (Å²) in [7, 11) is 0. The number of hydrogen-bond acceptors (Lipinski definition) is 6. The molecule has 0 aliphatic heterocycles. The van der Waals surface area contributed by atoms with Crippen LogP contribution in [0.5, 0.6) is 5.75 Å². The molecule has 3 rings (SSSR count). The Bertz CT molecular complexity index is 986. The summed E-state index contributed by atoms with van der Waals surface area (Å²) in [6.45, 7) is 3.40. The molecule has 2 N–H and O–H groups in total. The van der Waals surface area contributed by atoms with Crippen molar-refractivity contribution in [1.29, 1.82) is 0 Å². The Labute approximate surface area is 169 Å². The van der Waals surface area contributed by atoms with Gasteiger partial charge in [0.05, 0.1) is 5.69 Å². The quantitative estimate of drug-likeness (QED) is 0.454. The molecule has 1 amide bonds. The van der Waals surface area contributed by atoms with Crippen LogP contribution in [0, 0.1) is 0 Å². The summed E-state index contributed by atoms with van der Waals surface area (Å²) in [5.74, 6) is 0.596. The topological polar surface area (TPSA) is 93.2 Å². The molecule has 0 radical (unpaired) electrons. The molecule has 3 aromatic rings. The first-order chi connectivity index (χ1) is 14.0. The highest BCUT2D eigenvalue weighted by Gasteiger charge is 2.06. The Kier molecular flexibility index (Phi) is 6.52. The molecule has 0 fully saturated rings. The number of aromatic nitrogens is 2. The van der Waals surface area contributed by atoms with E-state index in [4.69, 9.17) is 4.74 Å².